The highest BCUT2D eigenvalue weighted by atomic mass is 14.9. The molecule has 72 valence electrons. The standard InChI is InChI=1S/C11H13N3/c1-8-4-2-3-5-9(8)10-7-13-11(6-12)14-10/h2-5,7H,6,12H2,1H3,(H,13,14). The summed E-state index contributed by atoms with van der Waals surface area (Å²) in [6.07, 6.45) is 1.82. The molecular weight excluding hydrogens is 174 g/mol. The molecule has 14 heavy (non-hydrogen) atoms. The zero-order valence-electron chi connectivity index (χ0n) is 8.12. The molecule has 3 heteroatoms. The van der Waals surface area contributed by atoms with E-state index >= 15 is 0 Å². The zero-order chi connectivity index (χ0) is 9.97. The van der Waals surface area contributed by atoms with E-state index < -0.39 is 0 Å². The molecular formula is C11H13N3. The molecule has 0 fully saturated rings. The highest BCUT2D eigenvalue weighted by Gasteiger charge is 2.03. The third-order valence-electron chi connectivity index (χ3n) is 2.26. The van der Waals surface area contributed by atoms with Crippen molar-refractivity contribution in [3.8, 4) is 11.3 Å². The average Bonchev–Trinajstić information content (AvgIpc) is 2.67. The Labute approximate surface area is 83.0 Å². The number of hydrogen-bond donors (Lipinski definition) is 2. The highest BCUT2D eigenvalue weighted by Crippen LogP contribution is 2.20. The van der Waals surface area contributed by atoms with Gasteiger partial charge >= 0.3 is 0 Å². The van der Waals surface area contributed by atoms with Crippen LogP contribution >= 0.6 is 0 Å². The fourth-order valence-electron chi connectivity index (χ4n) is 1.48. The molecule has 1 heterocycles. The van der Waals surface area contributed by atoms with Crippen molar-refractivity contribution >= 4 is 0 Å². The van der Waals surface area contributed by atoms with Crippen LogP contribution in [0.5, 0.6) is 0 Å². The van der Waals surface area contributed by atoms with Gasteiger partial charge in [0.2, 0.25) is 0 Å². The van der Waals surface area contributed by atoms with E-state index in [9.17, 15) is 0 Å². The summed E-state index contributed by atoms with van der Waals surface area (Å²) in [6.45, 7) is 2.53. The minimum atomic E-state index is 0.450. The molecule has 3 N–H and O–H groups in total. The van der Waals surface area contributed by atoms with Crippen LogP contribution in [0.4, 0.5) is 0 Å². The molecule has 3 nitrogen and oxygen atoms in total. The average molecular weight is 187 g/mol. The predicted molar refractivity (Wildman–Crippen MR) is 56.7 cm³/mol. The van der Waals surface area contributed by atoms with E-state index in [4.69, 9.17) is 5.73 Å². The molecule has 0 unspecified atom stereocenters. The SMILES string of the molecule is Cc1ccccc1-c1cnc(CN)[nH]1. The van der Waals surface area contributed by atoms with Crippen molar-refractivity contribution in [3.05, 3.63) is 41.9 Å². The van der Waals surface area contributed by atoms with Crippen LogP contribution in [-0.2, 0) is 6.54 Å². The van der Waals surface area contributed by atoms with Crippen molar-refractivity contribution in [2.45, 2.75) is 13.5 Å². The lowest BCUT2D eigenvalue weighted by molar-refractivity contribution is 0.950. The molecule has 0 radical (unpaired) electrons. The summed E-state index contributed by atoms with van der Waals surface area (Å²) in [7, 11) is 0. The first-order chi connectivity index (χ1) is 6.81. The van der Waals surface area contributed by atoms with Gasteiger partial charge in [0, 0.05) is 5.56 Å². The number of aromatic nitrogens is 2. The van der Waals surface area contributed by atoms with E-state index in [1.807, 2.05) is 18.3 Å². The van der Waals surface area contributed by atoms with E-state index in [2.05, 4.69) is 29.0 Å². The Morgan fingerprint density at radius 2 is 2.14 bits per heavy atom. The molecule has 2 aromatic rings. The molecule has 0 aliphatic heterocycles. The number of nitrogens with one attached hydrogen (secondary N) is 1. The molecule has 1 aromatic heterocycles. The van der Waals surface area contributed by atoms with Gasteiger partial charge in [-0.05, 0) is 12.5 Å². The van der Waals surface area contributed by atoms with Crippen molar-refractivity contribution in [3.63, 3.8) is 0 Å². The first-order valence-corrected chi connectivity index (χ1v) is 4.61. The predicted octanol–water partition coefficient (Wildman–Crippen LogP) is 1.84. The minimum Gasteiger partial charge on any atom is -0.341 e. The van der Waals surface area contributed by atoms with Gasteiger partial charge < -0.3 is 10.7 Å². The summed E-state index contributed by atoms with van der Waals surface area (Å²) < 4.78 is 0. The summed E-state index contributed by atoms with van der Waals surface area (Å²) >= 11 is 0. The first-order valence-electron chi connectivity index (χ1n) is 4.61. The van der Waals surface area contributed by atoms with Crippen molar-refractivity contribution in [1.29, 1.82) is 0 Å². The van der Waals surface area contributed by atoms with Gasteiger partial charge in [0.1, 0.15) is 5.82 Å². The van der Waals surface area contributed by atoms with Gasteiger partial charge in [0.25, 0.3) is 0 Å². The van der Waals surface area contributed by atoms with Crippen molar-refractivity contribution in [2.75, 3.05) is 0 Å². The van der Waals surface area contributed by atoms with E-state index in [1.54, 1.807) is 0 Å². The van der Waals surface area contributed by atoms with Crippen molar-refractivity contribution in [1.82, 2.24) is 9.97 Å². The number of benzene rings is 1. The van der Waals surface area contributed by atoms with Gasteiger partial charge in [-0.15, -0.1) is 0 Å². The lowest BCUT2D eigenvalue weighted by Crippen LogP contribution is -1.97. The second-order valence-electron chi connectivity index (χ2n) is 3.26. The monoisotopic (exact) mass is 187 g/mol. The number of H-pyrrole nitrogens is 1. The minimum absolute atomic E-state index is 0.450. The summed E-state index contributed by atoms with van der Waals surface area (Å²) in [5.74, 6) is 0.822. The number of rotatable bonds is 2. The number of nitrogens with zero attached hydrogens (tertiary/aromatic N) is 1. The van der Waals surface area contributed by atoms with Crippen LogP contribution in [-0.4, -0.2) is 9.97 Å². The molecule has 1 aromatic carbocycles. The van der Waals surface area contributed by atoms with Crippen molar-refractivity contribution < 1.29 is 0 Å². The molecule has 0 spiro atoms. The number of aromatic amines is 1. The van der Waals surface area contributed by atoms with E-state index in [1.165, 1.54) is 11.1 Å². The second kappa shape index (κ2) is 3.64. The normalized spacial score (nSPS) is 10.4. The smallest absolute Gasteiger partial charge is 0.120 e. The maximum absolute atomic E-state index is 5.49. The highest BCUT2D eigenvalue weighted by molar-refractivity contribution is 5.62. The molecule has 0 bridgehead atoms. The molecule has 0 saturated carbocycles. The topological polar surface area (TPSA) is 54.7 Å². The Kier molecular flexibility index (Phi) is 2.33. The summed E-state index contributed by atoms with van der Waals surface area (Å²) in [5, 5.41) is 0. The fourth-order valence-corrected chi connectivity index (χ4v) is 1.48. The molecule has 0 amide bonds. The van der Waals surface area contributed by atoms with Gasteiger partial charge in [-0.25, -0.2) is 4.98 Å². The Morgan fingerprint density at radius 3 is 2.79 bits per heavy atom. The zero-order valence-corrected chi connectivity index (χ0v) is 8.12. The van der Waals surface area contributed by atoms with Gasteiger partial charge in [-0.1, -0.05) is 24.3 Å². The second-order valence-corrected chi connectivity index (χ2v) is 3.26. The maximum atomic E-state index is 5.49. The van der Waals surface area contributed by atoms with Crippen LogP contribution < -0.4 is 5.73 Å². The largest absolute Gasteiger partial charge is 0.341 e. The maximum Gasteiger partial charge on any atom is 0.120 e. The fraction of sp³-hybridized carbons (Fsp3) is 0.182. The lowest BCUT2D eigenvalue weighted by atomic mass is 10.1. The van der Waals surface area contributed by atoms with Gasteiger partial charge in [0.05, 0.1) is 18.4 Å². The third kappa shape index (κ3) is 1.54. The number of aryl methyl sites for hydroxylation is 1. The van der Waals surface area contributed by atoms with E-state index in [-0.39, 0.29) is 0 Å². The molecule has 0 atom stereocenters. The van der Waals surface area contributed by atoms with Crippen LogP contribution in [0.25, 0.3) is 11.3 Å². The first kappa shape index (κ1) is 8.97. The van der Waals surface area contributed by atoms with Crippen LogP contribution in [0.1, 0.15) is 11.4 Å². The number of hydrogen-bond acceptors (Lipinski definition) is 2. The van der Waals surface area contributed by atoms with Crippen LogP contribution in [0, 0.1) is 6.92 Å². The Morgan fingerprint density at radius 1 is 1.36 bits per heavy atom. The Bertz CT molecular complexity index is 432. The van der Waals surface area contributed by atoms with Crippen LogP contribution in [0.15, 0.2) is 30.5 Å². The lowest BCUT2D eigenvalue weighted by Gasteiger charge is -2.01. The van der Waals surface area contributed by atoms with Gasteiger partial charge in [-0.2, -0.15) is 0 Å². The Balaban J connectivity index is 2.44. The molecule has 0 aliphatic carbocycles. The van der Waals surface area contributed by atoms with Crippen LogP contribution in [0.2, 0.25) is 0 Å². The van der Waals surface area contributed by atoms with Gasteiger partial charge in [-0.3, -0.25) is 0 Å². The van der Waals surface area contributed by atoms with Crippen molar-refractivity contribution in [2.24, 2.45) is 5.73 Å². The summed E-state index contributed by atoms with van der Waals surface area (Å²) in [5.41, 5.74) is 8.93. The molecule has 2 rings (SSSR count). The van der Waals surface area contributed by atoms with E-state index in [0.29, 0.717) is 6.54 Å². The molecule has 0 aliphatic rings. The summed E-state index contributed by atoms with van der Waals surface area (Å²) in [6, 6.07) is 8.20. The molecule has 0 saturated heterocycles. The van der Waals surface area contributed by atoms with Gasteiger partial charge in [0.15, 0.2) is 0 Å². The van der Waals surface area contributed by atoms with E-state index in [0.717, 1.165) is 11.5 Å². The Hall–Kier alpha value is -1.61. The number of imidazole rings is 1. The third-order valence-corrected chi connectivity index (χ3v) is 2.26. The van der Waals surface area contributed by atoms with Crippen LogP contribution in [0.3, 0.4) is 0 Å². The summed E-state index contributed by atoms with van der Waals surface area (Å²) in [4.78, 5) is 7.36. The number of nitrogens with two attached hydrogens (primary N) is 1. The quantitative estimate of drug-likeness (QED) is 0.753.